The number of hydrogen-bond donors (Lipinski definition) is 2. The van der Waals surface area contributed by atoms with Crippen LogP contribution in [0.3, 0.4) is 0 Å². The molecule has 138 valence electrons. The van der Waals surface area contributed by atoms with Crippen LogP contribution >= 0.6 is 0 Å². The summed E-state index contributed by atoms with van der Waals surface area (Å²) in [6.07, 6.45) is 3.59. The van der Waals surface area contributed by atoms with Gasteiger partial charge >= 0.3 is 0 Å². The average molecular weight is 356 g/mol. The lowest BCUT2D eigenvalue weighted by molar-refractivity contribution is -0.129. The average Bonchev–Trinajstić information content (AvgIpc) is 3.17. The number of nitrogens with one attached hydrogen (secondary N) is 2. The fourth-order valence-corrected chi connectivity index (χ4v) is 2.96. The van der Waals surface area contributed by atoms with Gasteiger partial charge in [-0.2, -0.15) is 0 Å². The second kappa shape index (κ2) is 8.57. The molecule has 0 unspecified atom stereocenters. The smallest absolute Gasteiger partial charge is 0.273 e. The van der Waals surface area contributed by atoms with E-state index >= 15 is 0 Å². The van der Waals surface area contributed by atoms with Crippen molar-refractivity contribution in [3.8, 4) is 0 Å². The first-order valence-corrected chi connectivity index (χ1v) is 8.82. The van der Waals surface area contributed by atoms with Crippen LogP contribution in [0.25, 0.3) is 0 Å². The molecule has 2 amide bonds. The first-order valence-electron chi connectivity index (χ1n) is 8.82. The lowest BCUT2D eigenvalue weighted by Crippen LogP contribution is -2.38. The van der Waals surface area contributed by atoms with E-state index in [9.17, 15) is 9.59 Å². The predicted octanol–water partition coefficient (Wildman–Crippen LogP) is 0.591. The molecule has 8 heteroatoms. The Labute approximate surface area is 152 Å². The molecule has 1 aliphatic heterocycles. The number of rotatable bonds is 6. The van der Waals surface area contributed by atoms with Gasteiger partial charge < -0.3 is 15.5 Å². The van der Waals surface area contributed by atoms with E-state index in [4.69, 9.17) is 0 Å². The number of carbonyl (C=O) groups excluding carboxylic acids is 2. The van der Waals surface area contributed by atoms with E-state index in [1.807, 2.05) is 30.3 Å². The van der Waals surface area contributed by atoms with Crippen LogP contribution in [0.2, 0.25) is 0 Å². The molecule has 0 aliphatic carbocycles. The lowest BCUT2D eigenvalue weighted by atomic mass is 10.1. The van der Waals surface area contributed by atoms with Crippen molar-refractivity contribution < 1.29 is 9.59 Å². The first-order chi connectivity index (χ1) is 12.6. The molecule has 8 nitrogen and oxygen atoms in total. The van der Waals surface area contributed by atoms with Crippen molar-refractivity contribution in [3.05, 3.63) is 47.8 Å². The Hall–Kier alpha value is -2.74. The Kier molecular flexibility index (Phi) is 5.96. The van der Waals surface area contributed by atoms with E-state index in [1.54, 1.807) is 22.8 Å². The normalized spacial score (nSPS) is 14.8. The molecule has 0 radical (unpaired) electrons. The van der Waals surface area contributed by atoms with Gasteiger partial charge in [0.25, 0.3) is 5.91 Å². The summed E-state index contributed by atoms with van der Waals surface area (Å²) in [6, 6.07) is 9.98. The zero-order valence-corrected chi connectivity index (χ0v) is 14.9. The number of aromatic nitrogens is 3. The molecule has 2 N–H and O–H groups in total. The van der Waals surface area contributed by atoms with Crippen LogP contribution in [0.1, 0.15) is 34.9 Å². The molecule has 2 heterocycles. The highest BCUT2D eigenvalue weighted by Crippen LogP contribution is 2.16. The lowest BCUT2D eigenvalue weighted by Gasteiger charge is -2.22. The van der Waals surface area contributed by atoms with Gasteiger partial charge in [0.1, 0.15) is 0 Å². The van der Waals surface area contributed by atoms with Crippen LogP contribution in [-0.2, 0) is 11.3 Å². The minimum absolute atomic E-state index is 0.0671. The maximum atomic E-state index is 12.2. The molecule has 3 rings (SSSR count). The van der Waals surface area contributed by atoms with Gasteiger partial charge in [-0.25, -0.2) is 4.68 Å². The minimum atomic E-state index is -0.383. The summed E-state index contributed by atoms with van der Waals surface area (Å²) in [5, 5.41) is 13.9. The zero-order chi connectivity index (χ0) is 18.4. The molecule has 26 heavy (non-hydrogen) atoms. The Bertz CT molecular complexity index is 739. The van der Waals surface area contributed by atoms with Crippen LogP contribution in [0.4, 0.5) is 0 Å². The maximum Gasteiger partial charge on any atom is 0.273 e. The van der Waals surface area contributed by atoms with Gasteiger partial charge in [0.2, 0.25) is 5.91 Å². The highest BCUT2D eigenvalue weighted by molar-refractivity contribution is 5.94. The summed E-state index contributed by atoms with van der Waals surface area (Å²) >= 11 is 0. The fourth-order valence-electron chi connectivity index (χ4n) is 2.96. The Morgan fingerprint density at radius 2 is 2.00 bits per heavy atom. The second-order valence-electron chi connectivity index (χ2n) is 6.48. The standard InChI is InChI=1S/C18H24N6O2/c1-23(12-14-5-3-2-4-6-14)17(25)11-20-18(26)16-13-24(22-21-16)15-7-9-19-10-8-15/h2-6,13,15,19H,7-12H2,1H3,(H,20,26). The topological polar surface area (TPSA) is 92.2 Å². The van der Waals surface area contributed by atoms with Crippen molar-refractivity contribution in [3.63, 3.8) is 0 Å². The number of benzene rings is 1. The van der Waals surface area contributed by atoms with E-state index in [1.165, 1.54) is 0 Å². The number of carbonyl (C=O) groups is 2. The summed E-state index contributed by atoms with van der Waals surface area (Å²) in [5.41, 5.74) is 1.28. The third-order valence-electron chi connectivity index (χ3n) is 4.51. The molecule has 1 aromatic carbocycles. The third kappa shape index (κ3) is 4.66. The summed E-state index contributed by atoms with van der Waals surface area (Å²) in [6.45, 7) is 2.31. The summed E-state index contributed by atoms with van der Waals surface area (Å²) in [5.74, 6) is -0.542. The SMILES string of the molecule is CN(Cc1ccccc1)C(=O)CNC(=O)c1cn(C2CCNCC2)nn1. The zero-order valence-electron chi connectivity index (χ0n) is 14.9. The van der Waals surface area contributed by atoms with Crippen LogP contribution in [0, 0.1) is 0 Å². The quantitative estimate of drug-likeness (QED) is 0.790. The molecule has 0 saturated carbocycles. The highest BCUT2D eigenvalue weighted by Gasteiger charge is 2.19. The van der Waals surface area contributed by atoms with E-state index in [2.05, 4.69) is 20.9 Å². The van der Waals surface area contributed by atoms with Crippen molar-refractivity contribution >= 4 is 11.8 Å². The Balaban J connectivity index is 1.48. The van der Waals surface area contributed by atoms with Gasteiger partial charge in [0, 0.05) is 13.6 Å². The molecule has 1 saturated heterocycles. The molecule has 2 aromatic rings. The van der Waals surface area contributed by atoms with E-state index < -0.39 is 0 Å². The van der Waals surface area contributed by atoms with E-state index in [-0.39, 0.29) is 30.1 Å². The van der Waals surface area contributed by atoms with E-state index in [0.717, 1.165) is 31.5 Å². The second-order valence-corrected chi connectivity index (χ2v) is 6.48. The summed E-state index contributed by atoms with van der Waals surface area (Å²) in [7, 11) is 1.72. The van der Waals surface area contributed by atoms with Crippen molar-refractivity contribution in [2.24, 2.45) is 0 Å². The van der Waals surface area contributed by atoms with Gasteiger partial charge in [0.15, 0.2) is 5.69 Å². The molecule has 0 spiro atoms. The monoisotopic (exact) mass is 356 g/mol. The third-order valence-corrected chi connectivity index (χ3v) is 4.51. The molecule has 1 aliphatic rings. The maximum absolute atomic E-state index is 12.2. The first kappa shape index (κ1) is 18.1. The van der Waals surface area contributed by atoms with Crippen LogP contribution < -0.4 is 10.6 Å². The Morgan fingerprint density at radius 1 is 1.27 bits per heavy atom. The van der Waals surface area contributed by atoms with Gasteiger partial charge in [-0.05, 0) is 31.5 Å². The molecular weight excluding hydrogens is 332 g/mol. The van der Waals surface area contributed by atoms with Crippen molar-refractivity contribution in [1.82, 2.24) is 30.5 Å². The summed E-state index contributed by atoms with van der Waals surface area (Å²) in [4.78, 5) is 26.0. The van der Waals surface area contributed by atoms with Gasteiger partial charge in [0.05, 0.1) is 18.8 Å². The van der Waals surface area contributed by atoms with Crippen LogP contribution in [0.5, 0.6) is 0 Å². The van der Waals surface area contributed by atoms with E-state index in [0.29, 0.717) is 6.54 Å². The van der Waals surface area contributed by atoms with Gasteiger partial charge in [-0.3, -0.25) is 9.59 Å². The predicted molar refractivity (Wildman–Crippen MR) is 96.4 cm³/mol. The van der Waals surface area contributed by atoms with Crippen LogP contribution in [-0.4, -0.2) is 58.4 Å². The van der Waals surface area contributed by atoms with Crippen molar-refractivity contribution in [1.29, 1.82) is 0 Å². The number of piperidine rings is 1. The number of amides is 2. The summed E-state index contributed by atoms with van der Waals surface area (Å²) < 4.78 is 1.75. The highest BCUT2D eigenvalue weighted by atomic mass is 16.2. The van der Waals surface area contributed by atoms with Gasteiger partial charge in [-0.1, -0.05) is 35.5 Å². The number of likely N-dealkylation sites (N-methyl/N-ethyl adjacent to an activating group) is 1. The molecular formula is C18H24N6O2. The largest absolute Gasteiger partial charge is 0.342 e. The van der Waals surface area contributed by atoms with Gasteiger partial charge in [-0.15, -0.1) is 5.10 Å². The minimum Gasteiger partial charge on any atom is -0.342 e. The molecule has 0 bridgehead atoms. The van der Waals surface area contributed by atoms with Crippen LogP contribution in [0.15, 0.2) is 36.5 Å². The number of hydrogen-bond acceptors (Lipinski definition) is 5. The van der Waals surface area contributed by atoms with Crippen molar-refractivity contribution in [2.75, 3.05) is 26.7 Å². The molecule has 0 atom stereocenters. The molecule has 1 fully saturated rings. The molecule has 1 aromatic heterocycles. The fraction of sp³-hybridized carbons (Fsp3) is 0.444. The van der Waals surface area contributed by atoms with Crippen molar-refractivity contribution in [2.45, 2.75) is 25.4 Å². The number of nitrogens with zero attached hydrogens (tertiary/aromatic N) is 4. The Morgan fingerprint density at radius 3 is 2.73 bits per heavy atom.